The zero-order valence-corrected chi connectivity index (χ0v) is 36.4. The van der Waals surface area contributed by atoms with Crippen molar-refractivity contribution in [2.45, 2.75) is 45.8 Å². The molecule has 5 aromatic rings. The van der Waals surface area contributed by atoms with Crippen LogP contribution in [0.2, 0.25) is 35.2 Å². The number of aromatic amines is 1. The number of ether oxygens (including phenoxy) is 1. The number of carboxylic acids is 1. The van der Waals surface area contributed by atoms with Gasteiger partial charge in [0.2, 0.25) is 17.1 Å². The van der Waals surface area contributed by atoms with Gasteiger partial charge in [-0.2, -0.15) is 0 Å². The number of nitrogens with zero attached hydrogens (tertiary/aromatic N) is 1. The third-order valence-electron chi connectivity index (χ3n) is 6.70. The van der Waals surface area contributed by atoms with Crippen molar-refractivity contribution in [3.05, 3.63) is 130 Å². The third-order valence-corrected chi connectivity index (χ3v) is 8.38. The zero-order chi connectivity index (χ0) is 43.4. The highest BCUT2D eigenvalue weighted by Gasteiger charge is 2.10. The van der Waals surface area contributed by atoms with Crippen LogP contribution >= 0.6 is 92.8 Å². The van der Waals surface area contributed by atoms with Crippen LogP contribution in [0.25, 0.3) is 11.0 Å². The summed E-state index contributed by atoms with van der Waals surface area (Å²) in [7, 11) is 0. The van der Waals surface area contributed by atoms with Gasteiger partial charge in [-0.25, -0.2) is 4.98 Å². The normalized spacial score (nSPS) is 10.1. The Morgan fingerprint density at radius 3 is 1.57 bits per heavy atom. The summed E-state index contributed by atoms with van der Waals surface area (Å²) >= 11 is 45.6. The van der Waals surface area contributed by atoms with Crippen molar-refractivity contribution in [3.8, 4) is 0 Å². The number of carbonyl (C=O) groups excluding carboxylic acids is 4. The van der Waals surface area contributed by atoms with Gasteiger partial charge < -0.3 is 31.2 Å². The lowest BCUT2D eigenvalue weighted by atomic mass is 10.2. The van der Waals surface area contributed by atoms with Crippen LogP contribution in [0, 0.1) is 0 Å². The smallest absolute Gasteiger partial charge is 0.314 e. The lowest BCUT2D eigenvalue weighted by Crippen LogP contribution is -2.25. The van der Waals surface area contributed by atoms with Crippen molar-refractivity contribution in [1.29, 1.82) is 0 Å². The lowest BCUT2D eigenvalue weighted by Gasteiger charge is -2.05. The van der Waals surface area contributed by atoms with Gasteiger partial charge in [0.1, 0.15) is 18.7 Å². The topological polar surface area (TPSA) is 194 Å². The summed E-state index contributed by atoms with van der Waals surface area (Å²) in [6, 6.07) is 20.7. The molecule has 0 aliphatic heterocycles. The number of rotatable bonds is 12. The second-order valence-electron chi connectivity index (χ2n) is 11.5. The number of hydrogen-bond acceptors (Lipinski definition) is 8. The first kappa shape index (κ1) is 50.3. The first-order valence-electron chi connectivity index (χ1n) is 16.6. The number of esters is 1. The average Bonchev–Trinajstić information content (AvgIpc) is 3.50. The van der Waals surface area contributed by atoms with Crippen molar-refractivity contribution in [2.24, 2.45) is 5.73 Å². The number of carboxylic acid groups (broad SMARTS) is 1. The number of halogens is 8. The quantitative estimate of drug-likeness (QED) is 0.0460. The number of aliphatic carboxylic acids is 1. The van der Waals surface area contributed by atoms with Gasteiger partial charge >= 0.3 is 11.9 Å². The molecule has 1 aromatic heterocycles. The van der Waals surface area contributed by atoms with Crippen LogP contribution in [0.4, 0.5) is 0 Å². The molecule has 4 aromatic carbocycles. The Bertz CT molecular complexity index is 2140. The molecule has 58 heavy (non-hydrogen) atoms. The molecule has 0 fully saturated rings. The maximum atomic E-state index is 12.0. The summed E-state index contributed by atoms with van der Waals surface area (Å²) in [6.07, 6.45) is -0.732. The minimum absolute atomic E-state index is 0.147. The summed E-state index contributed by atoms with van der Waals surface area (Å²) < 4.78 is 4.41. The van der Waals surface area contributed by atoms with Crippen LogP contribution in [0.3, 0.4) is 0 Å². The molecule has 0 unspecified atom stereocenters. The molecule has 0 atom stereocenters. The molecule has 0 aliphatic carbocycles. The van der Waals surface area contributed by atoms with E-state index in [2.05, 4.69) is 25.3 Å². The van der Waals surface area contributed by atoms with Crippen LogP contribution in [-0.2, 0) is 54.8 Å². The molecule has 5 rings (SSSR count). The summed E-state index contributed by atoms with van der Waals surface area (Å²) in [5.41, 5.74) is 9.47. The third kappa shape index (κ3) is 21.3. The van der Waals surface area contributed by atoms with Gasteiger partial charge in [0.25, 0.3) is 0 Å². The van der Waals surface area contributed by atoms with E-state index in [1.165, 1.54) is 0 Å². The van der Waals surface area contributed by atoms with E-state index in [9.17, 15) is 24.0 Å². The molecule has 1 heterocycles. The first-order valence-corrected chi connectivity index (χ1v) is 19.7. The molecular formula is C38H35Cl8N5O7. The number of fused-ring (bicyclic) bond motifs is 1. The van der Waals surface area contributed by atoms with E-state index in [4.69, 9.17) is 104 Å². The summed E-state index contributed by atoms with van der Waals surface area (Å²) in [5, 5.41) is 16.8. The summed E-state index contributed by atoms with van der Waals surface area (Å²) in [4.78, 5) is 61.1. The molecule has 0 bridgehead atoms. The maximum Gasteiger partial charge on any atom is 0.314 e. The highest BCUT2D eigenvalue weighted by atomic mass is 35.5. The molecule has 2 amide bonds. The zero-order valence-electron chi connectivity index (χ0n) is 30.3. The van der Waals surface area contributed by atoms with Crippen LogP contribution in [-0.4, -0.2) is 50.7 Å². The molecular weight excluding hydrogens is 922 g/mol. The molecule has 0 saturated heterocycles. The SMILES string of the molecule is CCOC(=O)CC(=O)Cl.NCc1cc(Cl)cc(Cl)c1.O=C(Cc1nc2ccc(Cl)cc2[nH]1)NCc1cc(Cl)cc(Cl)c1.O=C(O)CC(=O)NCc1cc(Cl)cc(Cl)c1. The molecule has 6 N–H and O–H groups in total. The summed E-state index contributed by atoms with van der Waals surface area (Å²) in [5.74, 6) is -1.85. The van der Waals surface area contributed by atoms with E-state index in [0.29, 0.717) is 54.1 Å². The highest BCUT2D eigenvalue weighted by Crippen LogP contribution is 2.21. The van der Waals surface area contributed by atoms with E-state index < -0.39 is 29.5 Å². The van der Waals surface area contributed by atoms with Gasteiger partial charge in [-0.3, -0.25) is 24.0 Å². The maximum absolute atomic E-state index is 12.0. The Morgan fingerprint density at radius 2 is 1.14 bits per heavy atom. The molecule has 0 radical (unpaired) electrons. The number of imidazole rings is 1. The Balaban J connectivity index is 0.000000288. The van der Waals surface area contributed by atoms with Gasteiger partial charge in [-0.1, -0.05) is 81.2 Å². The fourth-order valence-corrected chi connectivity index (χ4v) is 6.41. The molecule has 0 spiro atoms. The second-order valence-corrected chi connectivity index (χ2v) is 15.0. The predicted molar refractivity (Wildman–Crippen MR) is 230 cm³/mol. The van der Waals surface area contributed by atoms with Crippen molar-refractivity contribution in [1.82, 2.24) is 20.6 Å². The van der Waals surface area contributed by atoms with Crippen LogP contribution < -0.4 is 16.4 Å². The fourth-order valence-electron chi connectivity index (χ4n) is 4.41. The number of hydrogen-bond donors (Lipinski definition) is 5. The van der Waals surface area contributed by atoms with E-state index >= 15 is 0 Å². The Labute approximate surface area is 373 Å². The van der Waals surface area contributed by atoms with E-state index in [1.54, 1.807) is 73.7 Å². The molecule has 0 aliphatic rings. The van der Waals surface area contributed by atoms with Gasteiger partial charge in [0.05, 0.1) is 24.1 Å². The number of amides is 2. The van der Waals surface area contributed by atoms with Gasteiger partial charge in [0.15, 0.2) is 0 Å². The van der Waals surface area contributed by atoms with Crippen LogP contribution in [0.1, 0.15) is 42.3 Å². The number of aromatic nitrogens is 2. The summed E-state index contributed by atoms with van der Waals surface area (Å²) in [6.45, 7) is 2.97. The Hall–Kier alpha value is -3.82. The van der Waals surface area contributed by atoms with Crippen molar-refractivity contribution in [3.63, 3.8) is 0 Å². The molecule has 20 heteroatoms. The number of benzene rings is 4. The van der Waals surface area contributed by atoms with E-state index in [-0.39, 0.29) is 31.9 Å². The predicted octanol–water partition coefficient (Wildman–Crippen LogP) is 9.62. The van der Waals surface area contributed by atoms with E-state index in [0.717, 1.165) is 27.7 Å². The number of nitrogens with two attached hydrogens (primary N) is 1. The lowest BCUT2D eigenvalue weighted by molar-refractivity contribution is -0.145. The fraction of sp³-hybridized carbons (Fsp3) is 0.211. The highest BCUT2D eigenvalue weighted by molar-refractivity contribution is 6.64. The van der Waals surface area contributed by atoms with Crippen molar-refractivity contribution >= 4 is 133 Å². The molecule has 0 saturated carbocycles. The van der Waals surface area contributed by atoms with Crippen LogP contribution in [0.15, 0.2) is 72.8 Å². The minimum Gasteiger partial charge on any atom is -0.481 e. The average molecular weight is 957 g/mol. The molecule has 310 valence electrons. The Morgan fingerprint density at radius 1 is 0.672 bits per heavy atom. The Kier molecular flexibility index (Phi) is 22.8. The second kappa shape index (κ2) is 26.3. The van der Waals surface area contributed by atoms with Gasteiger partial charge in [0, 0.05) is 54.8 Å². The monoisotopic (exact) mass is 953 g/mol. The largest absolute Gasteiger partial charge is 0.481 e. The van der Waals surface area contributed by atoms with Gasteiger partial charge in [-0.15, -0.1) is 0 Å². The number of H-pyrrole nitrogens is 1. The van der Waals surface area contributed by atoms with E-state index in [1.807, 2.05) is 6.07 Å². The van der Waals surface area contributed by atoms with Crippen molar-refractivity contribution < 1.29 is 33.8 Å². The van der Waals surface area contributed by atoms with Crippen LogP contribution in [0.5, 0.6) is 0 Å². The van der Waals surface area contributed by atoms with Crippen molar-refractivity contribution in [2.75, 3.05) is 6.61 Å². The number of carbonyl (C=O) groups is 5. The molecule has 12 nitrogen and oxygen atoms in total. The standard InChI is InChI=1S/C16H12Cl3N3O.C10H9Cl2NO3.C7H7Cl2N.C5H7ClO3/c17-10-1-2-13-14(6-10)22-15(21-13)7-16(23)20-8-9-3-11(18)5-12(19)4-9;11-7-1-6(2-8(12)3-7)5-13-9(14)4-10(15)16;8-6-1-5(4-10)2-7(9)3-6;1-2-9-5(8)3-4(6)7/h1-6H,7-8H2,(H,20,23)(H,21,22);1-3H,4-5H2,(H,13,14)(H,15,16);1-3H,4,10H2;2-3H2,1H3. The minimum atomic E-state index is -1.17. The van der Waals surface area contributed by atoms with Gasteiger partial charge in [-0.05, 0) is 108 Å². The first-order chi connectivity index (χ1) is 27.3. The number of nitrogens with one attached hydrogen (secondary N) is 3.